The molecule has 7 nitrogen and oxygen atoms in total. The Morgan fingerprint density at radius 3 is 2.81 bits per heavy atom. The molecule has 3 unspecified atom stereocenters. The van der Waals surface area contributed by atoms with Gasteiger partial charge in [-0.15, -0.1) is 10.2 Å². The number of amides is 1. The predicted octanol–water partition coefficient (Wildman–Crippen LogP) is 2.30. The van der Waals surface area contributed by atoms with Crippen LogP contribution in [0.2, 0.25) is 5.02 Å². The summed E-state index contributed by atoms with van der Waals surface area (Å²) in [5, 5.41) is 17.0. The zero-order valence-electron chi connectivity index (χ0n) is 14.8. The summed E-state index contributed by atoms with van der Waals surface area (Å²) in [6.07, 6.45) is 4.01. The van der Waals surface area contributed by atoms with E-state index in [1.165, 1.54) is 11.2 Å². The number of likely N-dealkylation sites (tertiary alicyclic amines) is 1. The molecular formula is C18H23ClN6O. The van der Waals surface area contributed by atoms with Gasteiger partial charge in [0.05, 0.1) is 0 Å². The normalized spacial score (nSPS) is 23.7. The van der Waals surface area contributed by atoms with Crippen molar-refractivity contribution in [2.45, 2.75) is 50.7 Å². The Labute approximate surface area is 157 Å². The van der Waals surface area contributed by atoms with Crippen LogP contribution in [0.5, 0.6) is 0 Å². The monoisotopic (exact) mass is 374 g/mol. The lowest BCUT2D eigenvalue weighted by Gasteiger charge is -2.27. The van der Waals surface area contributed by atoms with Gasteiger partial charge >= 0.3 is 0 Å². The molecule has 26 heavy (non-hydrogen) atoms. The van der Waals surface area contributed by atoms with E-state index in [0.717, 1.165) is 31.5 Å². The van der Waals surface area contributed by atoms with Gasteiger partial charge in [-0.05, 0) is 55.2 Å². The fraction of sp³-hybridized carbons (Fsp3) is 0.556. The molecule has 0 saturated carbocycles. The van der Waals surface area contributed by atoms with Crippen LogP contribution in [-0.2, 0) is 4.79 Å². The van der Waals surface area contributed by atoms with Gasteiger partial charge in [-0.25, -0.2) is 0 Å². The van der Waals surface area contributed by atoms with Crippen molar-refractivity contribution in [1.82, 2.24) is 30.4 Å². The van der Waals surface area contributed by atoms with Gasteiger partial charge in [0, 0.05) is 35.8 Å². The van der Waals surface area contributed by atoms with Crippen molar-refractivity contribution < 1.29 is 4.79 Å². The topological polar surface area (TPSA) is 75.9 Å². The fourth-order valence-corrected chi connectivity index (χ4v) is 3.99. The van der Waals surface area contributed by atoms with E-state index in [4.69, 9.17) is 11.6 Å². The van der Waals surface area contributed by atoms with Gasteiger partial charge in [0.2, 0.25) is 11.7 Å². The number of halogens is 1. The maximum absolute atomic E-state index is 13.1. The molecule has 2 saturated heterocycles. The number of hydrogen-bond acceptors (Lipinski definition) is 5. The summed E-state index contributed by atoms with van der Waals surface area (Å²) >= 11 is 5.93. The number of carbonyl (C=O) groups is 1. The van der Waals surface area contributed by atoms with Crippen molar-refractivity contribution in [2.24, 2.45) is 0 Å². The first-order chi connectivity index (χ1) is 12.6. The maximum atomic E-state index is 13.1. The minimum absolute atomic E-state index is 0.0851. The molecule has 3 heterocycles. The van der Waals surface area contributed by atoms with Crippen LogP contribution in [0, 0.1) is 0 Å². The Morgan fingerprint density at radius 2 is 2.04 bits per heavy atom. The predicted molar refractivity (Wildman–Crippen MR) is 98.7 cm³/mol. The van der Waals surface area contributed by atoms with E-state index in [2.05, 4.69) is 20.7 Å². The summed E-state index contributed by atoms with van der Waals surface area (Å²) in [4.78, 5) is 16.5. The summed E-state index contributed by atoms with van der Waals surface area (Å²) < 4.78 is 0. The van der Waals surface area contributed by atoms with Crippen LogP contribution in [0.3, 0.4) is 0 Å². The molecule has 2 fully saturated rings. The van der Waals surface area contributed by atoms with E-state index >= 15 is 0 Å². The summed E-state index contributed by atoms with van der Waals surface area (Å²) in [5.74, 6) is 0.589. The van der Waals surface area contributed by atoms with Crippen molar-refractivity contribution in [3.63, 3.8) is 0 Å². The van der Waals surface area contributed by atoms with Crippen molar-refractivity contribution in [1.29, 1.82) is 0 Å². The van der Waals surface area contributed by atoms with Gasteiger partial charge in [-0.2, -0.15) is 4.80 Å². The number of aromatic nitrogens is 4. The average molecular weight is 375 g/mol. The third-order valence-corrected chi connectivity index (χ3v) is 5.57. The minimum atomic E-state index is -0.417. The second kappa shape index (κ2) is 7.32. The molecule has 2 aliphatic heterocycles. The molecular weight excluding hydrogens is 352 g/mol. The summed E-state index contributed by atoms with van der Waals surface area (Å²) in [6.45, 7) is 3.54. The van der Waals surface area contributed by atoms with E-state index in [1.54, 1.807) is 12.1 Å². The van der Waals surface area contributed by atoms with Crippen LogP contribution in [0.15, 0.2) is 24.3 Å². The first kappa shape index (κ1) is 17.4. The highest BCUT2D eigenvalue weighted by atomic mass is 35.5. The number of fused-ring (bicyclic) bond motifs is 2. The molecule has 0 spiro atoms. The van der Waals surface area contributed by atoms with Crippen molar-refractivity contribution in [3.05, 3.63) is 29.3 Å². The Kier molecular flexibility index (Phi) is 4.91. The Bertz CT molecular complexity index is 776. The van der Waals surface area contributed by atoms with Crippen molar-refractivity contribution in [2.75, 3.05) is 13.1 Å². The van der Waals surface area contributed by atoms with Crippen LogP contribution < -0.4 is 5.32 Å². The molecule has 0 aliphatic carbocycles. The smallest absolute Gasteiger partial charge is 0.249 e. The molecule has 138 valence electrons. The number of rotatable bonds is 4. The molecule has 2 bridgehead atoms. The van der Waals surface area contributed by atoms with Gasteiger partial charge < -0.3 is 10.2 Å². The third kappa shape index (κ3) is 3.46. The molecule has 4 rings (SSSR count). The lowest BCUT2D eigenvalue weighted by Crippen LogP contribution is -2.43. The molecule has 3 atom stereocenters. The molecule has 1 aromatic heterocycles. The quantitative estimate of drug-likeness (QED) is 0.888. The van der Waals surface area contributed by atoms with Crippen LogP contribution in [0.4, 0.5) is 0 Å². The average Bonchev–Trinajstić information content (AvgIpc) is 3.23. The summed E-state index contributed by atoms with van der Waals surface area (Å²) in [5.41, 5.74) is 0.833. The van der Waals surface area contributed by atoms with Crippen LogP contribution >= 0.6 is 11.6 Å². The fourth-order valence-electron chi connectivity index (χ4n) is 3.86. The highest BCUT2D eigenvalue weighted by Crippen LogP contribution is 2.24. The van der Waals surface area contributed by atoms with Crippen molar-refractivity contribution in [3.8, 4) is 11.4 Å². The zero-order chi connectivity index (χ0) is 18.1. The van der Waals surface area contributed by atoms with Crippen LogP contribution in [0.1, 0.15) is 38.6 Å². The Balaban J connectivity index is 1.51. The summed E-state index contributed by atoms with van der Waals surface area (Å²) in [6, 6.07) is 7.84. The van der Waals surface area contributed by atoms with E-state index < -0.39 is 6.04 Å². The molecule has 1 N–H and O–H groups in total. The highest BCUT2D eigenvalue weighted by Gasteiger charge is 2.34. The minimum Gasteiger partial charge on any atom is -0.339 e. The second-order valence-electron chi connectivity index (χ2n) is 7.08. The SMILES string of the molecule is CCC(C(=O)N1CCC2CCC(C1)N2)n1nnc(-c2ccc(Cl)cc2)n1. The molecule has 8 heteroatoms. The first-order valence-corrected chi connectivity index (χ1v) is 9.62. The van der Waals surface area contributed by atoms with E-state index in [0.29, 0.717) is 29.4 Å². The van der Waals surface area contributed by atoms with E-state index in [-0.39, 0.29) is 5.91 Å². The standard InChI is InChI=1S/C18H23ClN6O/c1-2-16(18(26)24-10-9-14-7-8-15(11-24)20-14)25-22-17(21-23-25)12-3-5-13(19)6-4-12/h3-6,14-16,20H,2,7-11H2,1H3. The Hall–Kier alpha value is -1.99. The zero-order valence-corrected chi connectivity index (χ0v) is 15.6. The Morgan fingerprint density at radius 1 is 1.27 bits per heavy atom. The largest absolute Gasteiger partial charge is 0.339 e. The van der Waals surface area contributed by atoms with Crippen LogP contribution in [0.25, 0.3) is 11.4 Å². The number of nitrogens with one attached hydrogen (secondary N) is 1. The van der Waals surface area contributed by atoms with E-state index in [1.807, 2.05) is 24.0 Å². The number of benzene rings is 1. The number of carbonyl (C=O) groups excluding carboxylic acids is 1. The van der Waals surface area contributed by atoms with Gasteiger partial charge in [0.25, 0.3) is 0 Å². The lowest BCUT2D eigenvalue weighted by molar-refractivity contribution is -0.135. The van der Waals surface area contributed by atoms with E-state index in [9.17, 15) is 4.79 Å². The number of nitrogens with zero attached hydrogens (tertiary/aromatic N) is 5. The number of tetrazole rings is 1. The molecule has 2 aromatic rings. The van der Waals surface area contributed by atoms with Gasteiger partial charge in [0.15, 0.2) is 6.04 Å². The molecule has 1 amide bonds. The molecule has 1 aromatic carbocycles. The lowest BCUT2D eigenvalue weighted by atomic mass is 10.1. The number of hydrogen-bond donors (Lipinski definition) is 1. The van der Waals surface area contributed by atoms with Crippen LogP contribution in [-0.4, -0.2) is 56.2 Å². The third-order valence-electron chi connectivity index (χ3n) is 5.32. The van der Waals surface area contributed by atoms with Gasteiger partial charge in [0.1, 0.15) is 0 Å². The molecule has 2 aliphatic rings. The van der Waals surface area contributed by atoms with Gasteiger partial charge in [-0.1, -0.05) is 18.5 Å². The van der Waals surface area contributed by atoms with Crippen molar-refractivity contribution >= 4 is 17.5 Å². The highest BCUT2D eigenvalue weighted by molar-refractivity contribution is 6.30. The maximum Gasteiger partial charge on any atom is 0.249 e. The molecule has 0 radical (unpaired) electrons. The van der Waals surface area contributed by atoms with Gasteiger partial charge in [-0.3, -0.25) is 4.79 Å². The second-order valence-corrected chi connectivity index (χ2v) is 7.51. The summed E-state index contributed by atoms with van der Waals surface area (Å²) in [7, 11) is 0. The first-order valence-electron chi connectivity index (χ1n) is 9.24.